The minimum Gasteiger partial charge on any atom is -0.508 e. The number of amides is 1. The first kappa shape index (κ1) is 28.9. The van der Waals surface area contributed by atoms with Gasteiger partial charge in [0.15, 0.2) is 11.4 Å². The number of alkyl halides is 3. The number of carbonyl (C=O) groups is 3. The van der Waals surface area contributed by atoms with E-state index in [2.05, 4.69) is 9.99 Å². The number of primary amides is 1. The Kier molecular flexibility index (Phi) is 6.87. The number of nitrogens with zero attached hydrogens (tertiary/aromatic N) is 2. The lowest BCUT2D eigenvalue weighted by atomic mass is 9.57. The van der Waals surface area contributed by atoms with Crippen LogP contribution in [0.5, 0.6) is 5.75 Å². The Morgan fingerprint density at radius 1 is 1.25 bits per heavy atom. The van der Waals surface area contributed by atoms with Crippen molar-refractivity contribution >= 4 is 34.6 Å². The largest absolute Gasteiger partial charge is 0.508 e. The number of hydrogen-bond acceptors (Lipinski definition) is 11. The molecule has 216 valence electrons. The lowest BCUT2D eigenvalue weighted by Gasteiger charge is -2.50. The molecule has 3 aliphatic carbocycles. The summed E-state index contributed by atoms with van der Waals surface area (Å²) in [4.78, 5) is 44.8. The minimum absolute atomic E-state index is 0.0761. The molecular weight excluding hydrogens is 541 g/mol. The molecule has 0 spiro atoms. The number of halogens is 3. The van der Waals surface area contributed by atoms with E-state index in [1.54, 1.807) is 0 Å². The molecule has 0 saturated heterocycles. The summed E-state index contributed by atoms with van der Waals surface area (Å²) in [7, 11) is 2.93. The van der Waals surface area contributed by atoms with Crippen molar-refractivity contribution < 1.29 is 52.8 Å². The van der Waals surface area contributed by atoms with E-state index in [0.717, 1.165) is 0 Å². The van der Waals surface area contributed by atoms with E-state index in [0.29, 0.717) is 0 Å². The first-order valence-corrected chi connectivity index (χ1v) is 12.0. The smallest absolute Gasteiger partial charge is 0.425 e. The first-order chi connectivity index (χ1) is 18.4. The molecule has 0 aliphatic heterocycles. The average molecular weight is 569 g/mol. The number of aromatic hydroxyl groups is 1. The molecule has 1 fully saturated rings. The number of Topliss-reactive ketones (excluding diaryl/α,β-unsaturated/α-hetero) is 2. The van der Waals surface area contributed by atoms with E-state index < -0.39 is 82.1 Å². The first-order valence-electron chi connectivity index (χ1n) is 12.0. The van der Waals surface area contributed by atoms with Crippen molar-refractivity contribution in [3.63, 3.8) is 0 Å². The molecule has 3 aliphatic rings. The lowest BCUT2D eigenvalue weighted by Crippen LogP contribution is -2.65. The summed E-state index contributed by atoms with van der Waals surface area (Å²) < 4.78 is 37.6. The van der Waals surface area contributed by atoms with Crippen molar-refractivity contribution in [2.45, 2.75) is 37.6 Å². The van der Waals surface area contributed by atoms with E-state index in [4.69, 9.17) is 11.5 Å². The Morgan fingerprint density at radius 3 is 2.42 bits per heavy atom. The number of oxime groups is 1. The number of aliphatic hydroxyl groups excluding tert-OH is 2. The van der Waals surface area contributed by atoms with Crippen LogP contribution < -0.4 is 11.5 Å². The zero-order valence-corrected chi connectivity index (χ0v) is 21.5. The second-order valence-electron chi connectivity index (χ2n) is 10.2. The maximum absolute atomic E-state index is 13.8. The summed E-state index contributed by atoms with van der Waals surface area (Å²) in [5.41, 5.74) is 6.60. The molecule has 0 radical (unpaired) electrons. The quantitative estimate of drug-likeness (QED) is 0.0970. The molecule has 4 rings (SSSR count). The summed E-state index contributed by atoms with van der Waals surface area (Å²) in [5, 5.41) is 47.9. The molecule has 0 unspecified atom stereocenters. The third kappa shape index (κ3) is 4.25. The number of likely N-dealkylation sites (N-methyl/N-ethyl adjacent to an activating group) is 1. The van der Waals surface area contributed by atoms with Gasteiger partial charge in [-0.15, -0.1) is 0 Å². The molecule has 15 heteroatoms. The number of nitrogens with two attached hydrogens (primary N) is 2. The highest BCUT2D eigenvalue weighted by Crippen LogP contribution is 2.53. The van der Waals surface area contributed by atoms with E-state index in [-0.39, 0.29) is 40.9 Å². The fourth-order valence-electron chi connectivity index (χ4n) is 5.91. The van der Waals surface area contributed by atoms with E-state index in [1.807, 2.05) is 0 Å². The van der Waals surface area contributed by atoms with Crippen LogP contribution in [0.15, 0.2) is 28.1 Å². The van der Waals surface area contributed by atoms with Gasteiger partial charge in [-0.2, -0.15) is 13.2 Å². The van der Waals surface area contributed by atoms with Gasteiger partial charge in [0.25, 0.3) is 5.91 Å². The van der Waals surface area contributed by atoms with E-state index in [1.165, 1.54) is 32.0 Å². The minimum atomic E-state index is -4.65. The van der Waals surface area contributed by atoms with Crippen LogP contribution >= 0.6 is 0 Å². The van der Waals surface area contributed by atoms with Crippen molar-refractivity contribution in [3.05, 3.63) is 39.7 Å². The predicted octanol–water partition coefficient (Wildman–Crippen LogP) is 0.849. The molecule has 8 N–H and O–H groups in total. The van der Waals surface area contributed by atoms with Gasteiger partial charge in [-0.1, -0.05) is 5.16 Å². The third-order valence-corrected chi connectivity index (χ3v) is 7.57. The third-order valence-electron chi connectivity index (χ3n) is 7.57. The van der Waals surface area contributed by atoms with Crippen LogP contribution in [0.2, 0.25) is 0 Å². The number of nitrogen functional groups attached to an aromatic ring is 1. The van der Waals surface area contributed by atoms with Crippen molar-refractivity contribution in [3.8, 4) is 5.75 Å². The van der Waals surface area contributed by atoms with Gasteiger partial charge in [0.2, 0.25) is 12.4 Å². The topological polar surface area (TPSA) is 209 Å². The Morgan fingerprint density at radius 2 is 1.88 bits per heavy atom. The van der Waals surface area contributed by atoms with Crippen LogP contribution in [-0.2, 0) is 25.6 Å². The van der Waals surface area contributed by atoms with E-state index >= 15 is 0 Å². The highest BCUT2D eigenvalue weighted by Gasteiger charge is 2.64. The summed E-state index contributed by atoms with van der Waals surface area (Å²) in [6.07, 6.45) is -4.93. The Labute approximate surface area is 225 Å². The predicted molar refractivity (Wildman–Crippen MR) is 133 cm³/mol. The van der Waals surface area contributed by atoms with E-state index in [9.17, 15) is 48.0 Å². The average Bonchev–Trinajstić information content (AvgIpc) is 2.82. The van der Waals surface area contributed by atoms with Gasteiger partial charge in [-0.25, -0.2) is 0 Å². The second kappa shape index (κ2) is 9.52. The summed E-state index contributed by atoms with van der Waals surface area (Å²) in [6.45, 7) is -0.351. The molecule has 4 atom stereocenters. The number of hydrogen-bond donors (Lipinski definition) is 6. The zero-order chi connectivity index (χ0) is 30.1. The number of phenols is 1. The number of carbonyl (C=O) groups excluding carboxylic acids is 3. The Hall–Kier alpha value is -4.11. The van der Waals surface area contributed by atoms with Gasteiger partial charge in [0.1, 0.15) is 22.8 Å². The number of anilines is 1. The molecule has 0 bridgehead atoms. The number of phenolic OH excluding ortho intramolecular Hbond substituents is 1. The van der Waals surface area contributed by atoms with Crippen LogP contribution in [0.1, 0.15) is 30.0 Å². The van der Waals surface area contributed by atoms with Gasteiger partial charge >= 0.3 is 6.18 Å². The number of aliphatic hydroxyl groups is 3. The van der Waals surface area contributed by atoms with Gasteiger partial charge in [0, 0.05) is 17.1 Å². The fraction of sp³-hybridized carbons (Fsp3) is 0.440. The summed E-state index contributed by atoms with van der Waals surface area (Å²) in [5.74, 6) is -8.33. The lowest BCUT2D eigenvalue weighted by molar-refractivity contribution is -0.173. The number of ketones is 2. The molecule has 1 aromatic carbocycles. The highest BCUT2D eigenvalue weighted by atomic mass is 19.4. The van der Waals surface area contributed by atoms with Crippen LogP contribution in [0, 0.1) is 11.8 Å². The number of rotatable bonds is 5. The zero-order valence-electron chi connectivity index (χ0n) is 21.5. The highest BCUT2D eigenvalue weighted by molar-refractivity contribution is 6.24. The maximum atomic E-state index is 13.8. The van der Waals surface area contributed by atoms with Crippen molar-refractivity contribution in [1.82, 2.24) is 4.90 Å². The molecule has 0 heterocycles. The molecule has 1 saturated carbocycles. The molecule has 0 aromatic heterocycles. The van der Waals surface area contributed by atoms with Gasteiger partial charge in [-0.05, 0) is 51.4 Å². The van der Waals surface area contributed by atoms with Crippen LogP contribution in [0.25, 0.3) is 5.76 Å². The normalized spacial score (nSPS) is 27.0. The Bertz CT molecular complexity index is 1430. The second-order valence-corrected chi connectivity index (χ2v) is 10.2. The summed E-state index contributed by atoms with van der Waals surface area (Å²) in [6, 6.07) is -0.0419. The molecular formula is C25H27F3N4O8. The van der Waals surface area contributed by atoms with Crippen molar-refractivity contribution in [1.29, 1.82) is 0 Å². The molecule has 1 aromatic rings. The SMILES string of the molecule is CC(=NOCC(F)(F)F)c1cc(N)c(O)c2c1C[C@H]1C[C@H]3[C@@H](N(C)C)C(=O)C(C(N)=O)=C(O)[C@@]3(O)C(=O)C1=C2O. The summed E-state index contributed by atoms with van der Waals surface area (Å²) >= 11 is 0. The molecule has 40 heavy (non-hydrogen) atoms. The van der Waals surface area contributed by atoms with Crippen LogP contribution in [0.3, 0.4) is 0 Å². The Balaban J connectivity index is 1.92. The monoisotopic (exact) mass is 568 g/mol. The van der Waals surface area contributed by atoms with Crippen molar-refractivity contribution in [2.24, 2.45) is 22.7 Å². The van der Waals surface area contributed by atoms with Gasteiger partial charge in [-0.3, -0.25) is 19.3 Å². The van der Waals surface area contributed by atoms with Crippen molar-refractivity contribution in [2.75, 3.05) is 26.4 Å². The van der Waals surface area contributed by atoms with Crippen LogP contribution in [0.4, 0.5) is 18.9 Å². The molecule has 1 amide bonds. The molecule has 12 nitrogen and oxygen atoms in total. The number of fused-ring (bicyclic) bond motifs is 3. The van der Waals surface area contributed by atoms with Gasteiger partial charge in [0.05, 0.1) is 23.0 Å². The fourth-order valence-corrected chi connectivity index (χ4v) is 5.91. The maximum Gasteiger partial charge on any atom is 0.425 e. The standard InChI is InChI=1S/C25H27F3N4O8/c1-8(31-40-7-24(26,27)28)10-6-13(29)18(33)15-11(10)4-9-5-12-17(32(2)3)20(35)16(23(30)38)22(37)25(12,39)21(36)14(9)19(15)34/h6,9,12,17,33-34,37,39H,4-5,7,29H2,1-3H3,(H2,30,38)/t9-,12-,17+,25-/m0/s1. The van der Waals surface area contributed by atoms with Crippen LogP contribution in [-0.4, -0.2) is 87.0 Å². The van der Waals surface area contributed by atoms with Gasteiger partial charge < -0.3 is 36.7 Å². The number of benzene rings is 1.